The van der Waals surface area contributed by atoms with Crippen LogP contribution in [0, 0.1) is 5.92 Å². The number of benzene rings is 1. The lowest BCUT2D eigenvalue weighted by Gasteiger charge is -2.07. The minimum absolute atomic E-state index is 0.433. The molecular weight excluding hydrogens is 238 g/mol. The molecule has 0 aliphatic heterocycles. The summed E-state index contributed by atoms with van der Waals surface area (Å²) in [4.78, 5) is 4.43. The summed E-state index contributed by atoms with van der Waals surface area (Å²) in [6.07, 6.45) is 3.57. The first-order valence-corrected chi connectivity index (χ1v) is 6.87. The monoisotopic (exact) mass is 259 g/mol. The Bertz CT molecular complexity index is 477. The third-order valence-corrected chi connectivity index (χ3v) is 3.36. The van der Waals surface area contributed by atoms with E-state index >= 15 is 0 Å². The number of hydrogen-bond acceptors (Lipinski definition) is 4. The highest BCUT2D eigenvalue weighted by molar-refractivity contribution is 5.15. The third-order valence-electron chi connectivity index (χ3n) is 3.36. The molecule has 1 heterocycles. The molecular formula is C15H21N3O. The van der Waals surface area contributed by atoms with Crippen molar-refractivity contribution in [3.05, 3.63) is 47.6 Å². The Labute approximate surface area is 114 Å². The summed E-state index contributed by atoms with van der Waals surface area (Å²) in [5, 5.41) is 4.03. The first kappa shape index (κ1) is 13.7. The van der Waals surface area contributed by atoms with E-state index in [0.717, 1.165) is 31.5 Å². The molecule has 4 nitrogen and oxygen atoms in total. The molecule has 0 saturated carbocycles. The number of nitrogens with zero attached hydrogens (tertiary/aromatic N) is 2. The molecule has 0 aliphatic rings. The molecule has 2 N–H and O–H groups in total. The topological polar surface area (TPSA) is 64.9 Å². The van der Waals surface area contributed by atoms with Gasteiger partial charge in [-0.25, -0.2) is 0 Å². The van der Waals surface area contributed by atoms with Gasteiger partial charge < -0.3 is 10.3 Å². The number of hydrogen-bond donors (Lipinski definition) is 1. The normalized spacial score (nSPS) is 12.5. The van der Waals surface area contributed by atoms with E-state index in [1.165, 1.54) is 5.56 Å². The van der Waals surface area contributed by atoms with E-state index in [4.69, 9.17) is 10.3 Å². The lowest BCUT2D eigenvalue weighted by Crippen LogP contribution is -2.16. The molecule has 1 atom stereocenters. The van der Waals surface area contributed by atoms with Crippen LogP contribution < -0.4 is 5.73 Å². The van der Waals surface area contributed by atoms with Crippen molar-refractivity contribution in [3.8, 4) is 0 Å². The summed E-state index contributed by atoms with van der Waals surface area (Å²) in [6, 6.07) is 10.3. The fourth-order valence-electron chi connectivity index (χ4n) is 2.02. The average molecular weight is 259 g/mol. The Kier molecular flexibility index (Phi) is 5.10. The van der Waals surface area contributed by atoms with Crippen LogP contribution in [0.4, 0.5) is 0 Å². The van der Waals surface area contributed by atoms with Crippen LogP contribution >= 0.6 is 0 Å². The van der Waals surface area contributed by atoms with Crippen LogP contribution in [0.15, 0.2) is 34.9 Å². The van der Waals surface area contributed by atoms with Crippen molar-refractivity contribution in [2.75, 3.05) is 6.54 Å². The Morgan fingerprint density at radius 1 is 1.21 bits per heavy atom. The van der Waals surface area contributed by atoms with Crippen molar-refractivity contribution in [2.24, 2.45) is 11.7 Å². The summed E-state index contributed by atoms with van der Waals surface area (Å²) >= 11 is 0. The molecule has 102 valence electrons. The summed E-state index contributed by atoms with van der Waals surface area (Å²) in [6.45, 7) is 2.79. The van der Waals surface area contributed by atoms with Gasteiger partial charge in [0, 0.05) is 12.8 Å². The van der Waals surface area contributed by atoms with Gasteiger partial charge >= 0.3 is 0 Å². The van der Waals surface area contributed by atoms with Gasteiger partial charge in [0.05, 0.1) is 0 Å². The molecule has 0 bridgehead atoms. The molecule has 0 saturated heterocycles. The van der Waals surface area contributed by atoms with Crippen LogP contribution in [0.2, 0.25) is 0 Å². The van der Waals surface area contributed by atoms with E-state index in [0.29, 0.717) is 18.4 Å². The fourth-order valence-corrected chi connectivity index (χ4v) is 2.02. The Hall–Kier alpha value is -1.68. The average Bonchev–Trinajstić information content (AvgIpc) is 2.91. The van der Waals surface area contributed by atoms with Crippen LogP contribution in [-0.4, -0.2) is 16.7 Å². The minimum atomic E-state index is 0.433. The highest BCUT2D eigenvalue weighted by atomic mass is 16.5. The van der Waals surface area contributed by atoms with Gasteiger partial charge in [0.2, 0.25) is 5.89 Å². The highest BCUT2D eigenvalue weighted by Gasteiger charge is 2.11. The first-order valence-electron chi connectivity index (χ1n) is 6.87. The van der Waals surface area contributed by atoms with E-state index in [9.17, 15) is 0 Å². The molecule has 0 amide bonds. The minimum Gasteiger partial charge on any atom is -0.339 e. The van der Waals surface area contributed by atoms with Gasteiger partial charge in [-0.2, -0.15) is 4.98 Å². The third kappa shape index (κ3) is 4.17. The summed E-state index contributed by atoms with van der Waals surface area (Å²) in [7, 11) is 0. The smallest absolute Gasteiger partial charge is 0.226 e. The molecule has 1 aromatic carbocycles. The standard InChI is InChI=1S/C15H21N3O/c1-2-12(11-16)10-15-17-14(18-19-15)9-8-13-6-4-3-5-7-13/h3-7,12H,2,8-11,16H2,1H3. The van der Waals surface area contributed by atoms with Crippen LogP contribution in [0.3, 0.4) is 0 Å². The Morgan fingerprint density at radius 2 is 2.00 bits per heavy atom. The Morgan fingerprint density at radius 3 is 2.68 bits per heavy atom. The van der Waals surface area contributed by atoms with E-state index in [1.807, 2.05) is 18.2 Å². The second-order valence-electron chi connectivity index (χ2n) is 4.80. The molecule has 1 aromatic heterocycles. The van der Waals surface area contributed by atoms with Gasteiger partial charge in [-0.1, -0.05) is 48.8 Å². The molecule has 2 aromatic rings. The maximum absolute atomic E-state index is 5.68. The van der Waals surface area contributed by atoms with Crippen molar-refractivity contribution in [3.63, 3.8) is 0 Å². The van der Waals surface area contributed by atoms with Crippen molar-refractivity contribution >= 4 is 0 Å². The van der Waals surface area contributed by atoms with Gasteiger partial charge in [-0.15, -0.1) is 0 Å². The number of nitrogens with two attached hydrogens (primary N) is 1. The highest BCUT2D eigenvalue weighted by Crippen LogP contribution is 2.10. The van der Waals surface area contributed by atoms with Crippen LogP contribution in [0.25, 0.3) is 0 Å². The van der Waals surface area contributed by atoms with Crippen LogP contribution in [0.1, 0.15) is 30.6 Å². The first-order chi connectivity index (χ1) is 9.31. The number of rotatable bonds is 7. The van der Waals surface area contributed by atoms with E-state index in [-0.39, 0.29) is 0 Å². The summed E-state index contributed by atoms with van der Waals surface area (Å²) < 4.78 is 5.27. The molecule has 0 radical (unpaired) electrons. The molecule has 2 rings (SSSR count). The Balaban J connectivity index is 1.87. The van der Waals surface area contributed by atoms with E-state index < -0.39 is 0 Å². The largest absolute Gasteiger partial charge is 0.339 e. The van der Waals surface area contributed by atoms with Gasteiger partial charge in [0.15, 0.2) is 5.82 Å². The molecule has 0 fully saturated rings. The van der Waals surface area contributed by atoms with Gasteiger partial charge in [0.25, 0.3) is 0 Å². The van der Waals surface area contributed by atoms with Crippen molar-refractivity contribution in [2.45, 2.75) is 32.6 Å². The lowest BCUT2D eigenvalue weighted by atomic mass is 10.0. The molecule has 4 heteroatoms. The maximum atomic E-state index is 5.68. The van der Waals surface area contributed by atoms with Crippen LogP contribution in [-0.2, 0) is 19.3 Å². The van der Waals surface area contributed by atoms with Gasteiger partial charge in [0.1, 0.15) is 0 Å². The summed E-state index contributed by atoms with van der Waals surface area (Å²) in [5.41, 5.74) is 6.98. The van der Waals surface area contributed by atoms with Crippen LogP contribution in [0.5, 0.6) is 0 Å². The van der Waals surface area contributed by atoms with Crippen molar-refractivity contribution in [1.29, 1.82) is 0 Å². The van der Waals surface area contributed by atoms with Crippen molar-refractivity contribution in [1.82, 2.24) is 10.1 Å². The second-order valence-corrected chi connectivity index (χ2v) is 4.80. The summed E-state index contributed by atoms with van der Waals surface area (Å²) in [5.74, 6) is 1.92. The van der Waals surface area contributed by atoms with E-state index in [2.05, 4.69) is 29.2 Å². The fraction of sp³-hybridized carbons (Fsp3) is 0.467. The molecule has 1 unspecified atom stereocenters. The second kappa shape index (κ2) is 7.04. The SMILES string of the molecule is CCC(CN)Cc1nc(CCc2ccccc2)no1. The quantitative estimate of drug-likeness (QED) is 0.829. The lowest BCUT2D eigenvalue weighted by molar-refractivity contribution is 0.347. The van der Waals surface area contributed by atoms with Gasteiger partial charge in [-0.05, 0) is 24.4 Å². The predicted octanol–water partition coefficient (Wildman–Crippen LogP) is 2.38. The number of aromatic nitrogens is 2. The van der Waals surface area contributed by atoms with Gasteiger partial charge in [-0.3, -0.25) is 0 Å². The van der Waals surface area contributed by atoms with Crippen molar-refractivity contribution < 1.29 is 4.52 Å². The molecule has 19 heavy (non-hydrogen) atoms. The molecule has 0 aliphatic carbocycles. The molecule has 0 spiro atoms. The zero-order valence-corrected chi connectivity index (χ0v) is 11.4. The number of aryl methyl sites for hydroxylation is 2. The maximum Gasteiger partial charge on any atom is 0.226 e. The van der Waals surface area contributed by atoms with E-state index in [1.54, 1.807) is 0 Å². The zero-order valence-electron chi connectivity index (χ0n) is 11.4. The zero-order chi connectivity index (χ0) is 13.5. The predicted molar refractivity (Wildman–Crippen MR) is 74.7 cm³/mol.